The molecule has 1 aromatic carbocycles. The molecule has 0 spiro atoms. The molecule has 2 N–H and O–H groups in total. The predicted octanol–water partition coefficient (Wildman–Crippen LogP) is 3.55. The first-order valence-electron chi connectivity index (χ1n) is 9.99. The summed E-state index contributed by atoms with van der Waals surface area (Å²) in [5.41, 5.74) is 2.99. The molecule has 3 rings (SSSR count). The van der Waals surface area contributed by atoms with Gasteiger partial charge in [-0.25, -0.2) is 0 Å². The summed E-state index contributed by atoms with van der Waals surface area (Å²) in [5, 5.41) is 4.20. The molecule has 1 atom stereocenters. The van der Waals surface area contributed by atoms with Crippen molar-refractivity contribution < 1.29 is 9.53 Å². The van der Waals surface area contributed by atoms with Crippen molar-refractivity contribution in [2.24, 2.45) is 5.92 Å². The molecule has 2 aromatic rings. The smallest absolute Gasteiger partial charge is 0.267 e. The molecule has 1 amide bonds. The van der Waals surface area contributed by atoms with Crippen molar-refractivity contribution in [3.8, 4) is 0 Å². The Morgan fingerprint density at radius 3 is 2.56 bits per heavy atom. The minimum absolute atomic E-state index is 0.0394. The van der Waals surface area contributed by atoms with E-state index in [2.05, 4.69) is 68.0 Å². The highest BCUT2D eigenvalue weighted by molar-refractivity contribution is 5.98. The Bertz CT molecular complexity index is 782. The predicted molar refractivity (Wildman–Crippen MR) is 110 cm³/mol. The van der Waals surface area contributed by atoms with E-state index in [4.69, 9.17) is 4.74 Å². The van der Waals surface area contributed by atoms with Gasteiger partial charge in [0.1, 0.15) is 5.69 Å². The molecule has 1 aliphatic heterocycles. The van der Waals surface area contributed by atoms with Gasteiger partial charge < -0.3 is 15.0 Å². The zero-order valence-electron chi connectivity index (χ0n) is 17.3. The van der Waals surface area contributed by atoms with Gasteiger partial charge in [0.25, 0.3) is 5.91 Å². The molecule has 1 aromatic heterocycles. The Labute approximate surface area is 162 Å². The van der Waals surface area contributed by atoms with Crippen LogP contribution in [-0.2, 0) is 10.2 Å². The number of H-pyrrole nitrogens is 1. The molecule has 2 heterocycles. The number of amides is 1. The lowest BCUT2D eigenvalue weighted by atomic mass is 9.87. The maximum Gasteiger partial charge on any atom is 0.267 e. The number of carbonyl (C=O) groups is 1. The molecule has 1 fully saturated rings. The van der Waals surface area contributed by atoms with Crippen LogP contribution in [0.4, 0.5) is 0 Å². The van der Waals surface area contributed by atoms with Gasteiger partial charge in [-0.15, -0.1) is 0 Å². The van der Waals surface area contributed by atoms with Crippen molar-refractivity contribution in [3.63, 3.8) is 0 Å². The van der Waals surface area contributed by atoms with Crippen LogP contribution in [-0.4, -0.2) is 54.7 Å². The van der Waals surface area contributed by atoms with Crippen molar-refractivity contribution in [2.45, 2.75) is 46.1 Å². The van der Waals surface area contributed by atoms with Crippen LogP contribution in [0.3, 0.4) is 0 Å². The second-order valence-electron chi connectivity index (χ2n) is 8.90. The summed E-state index contributed by atoms with van der Waals surface area (Å²) >= 11 is 0. The summed E-state index contributed by atoms with van der Waals surface area (Å²) in [4.78, 5) is 18.4. The molecule has 0 aliphatic carbocycles. The van der Waals surface area contributed by atoms with Crippen LogP contribution in [0.2, 0.25) is 0 Å². The fourth-order valence-corrected chi connectivity index (χ4v) is 3.70. The van der Waals surface area contributed by atoms with Gasteiger partial charge in [-0.05, 0) is 29.0 Å². The molecule has 0 saturated carbocycles. The number of morpholine rings is 1. The first-order valence-corrected chi connectivity index (χ1v) is 9.99. The average molecular weight is 372 g/mol. The second kappa shape index (κ2) is 8.03. The third-order valence-electron chi connectivity index (χ3n) is 5.49. The molecule has 0 radical (unpaired) electrons. The molecule has 148 valence electrons. The van der Waals surface area contributed by atoms with E-state index in [0.29, 0.717) is 24.2 Å². The molecule has 1 unspecified atom stereocenters. The minimum atomic E-state index is -0.0394. The SMILES string of the molecule is CC(C)C(CNC(=O)c1cc2ccc(C(C)(C)C)cc2[nH]1)N1CCOCC1. The number of rotatable bonds is 5. The van der Waals surface area contributed by atoms with Gasteiger partial charge in [0.05, 0.1) is 13.2 Å². The van der Waals surface area contributed by atoms with Crippen LogP contribution in [0.5, 0.6) is 0 Å². The zero-order valence-corrected chi connectivity index (χ0v) is 17.3. The Hall–Kier alpha value is -1.85. The van der Waals surface area contributed by atoms with E-state index in [1.54, 1.807) is 0 Å². The summed E-state index contributed by atoms with van der Waals surface area (Å²) in [6.45, 7) is 15.1. The van der Waals surface area contributed by atoms with Crippen LogP contribution in [0.25, 0.3) is 10.9 Å². The van der Waals surface area contributed by atoms with Gasteiger partial charge in [-0.3, -0.25) is 9.69 Å². The first kappa shape index (κ1) is 19.9. The lowest BCUT2D eigenvalue weighted by molar-refractivity contribution is 0.00671. The molecule has 1 saturated heterocycles. The number of ether oxygens (including phenoxy) is 1. The monoisotopic (exact) mass is 371 g/mol. The van der Waals surface area contributed by atoms with Crippen LogP contribution in [0.1, 0.15) is 50.7 Å². The van der Waals surface area contributed by atoms with Crippen molar-refractivity contribution in [1.82, 2.24) is 15.2 Å². The van der Waals surface area contributed by atoms with Crippen LogP contribution >= 0.6 is 0 Å². The highest BCUT2D eigenvalue weighted by Crippen LogP contribution is 2.26. The Balaban J connectivity index is 1.69. The average Bonchev–Trinajstić information content (AvgIpc) is 3.05. The van der Waals surface area contributed by atoms with E-state index < -0.39 is 0 Å². The number of aromatic nitrogens is 1. The normalized spacial score (nSPS) is 17.4. The lowest BCUT2D eigenvalue weighted by Crippen LogP contribution is -2.51. The fourth-order valence-electron chi connectivity index (χ4n) is 3.70. The number of hydrogen-bond acceptors (Lipinski definition) is 3. The van der Waals surface area contributed by atoms with E-state index in [-0.39, 0.29) is 11.3 Å². The summed E-state index contributed by atoms with van der Waals surface area (Å²) in [6, 6.07) is 8.65. The van der Waals surface area contributed by atoms with E-state index in [0.717, 1.165) is 37.2 Å². The number of aromatic amines is 1. The van der Waals surface area contributed by atoms with Crippen LogP contribution in [0.15, 0.2) is 24.3 Å². The van der Waals surface area contributed by atoms with Gasteiger partial charge in [0.15, 0.2) is 0 Å². The zero-order chi connectivity index (χ0) is 19.6. The molecule has 1 aliphatic rings. The maximum atomic E-state index is 12.7. The third-order valence-corrected chi connectivity index (χ3v) is 5.49. The Morgan fingerprint density at radius 2 is 1.93 bits per heavy atom. The molecule has 5 nitrogen and oxygen atoms in total. The largest absolute Gasteiger partial charge is 0.379 e. The summed E-state index contributed by atoms with van der Waals surface area (Å²) < 4.78 is 5.46. The number of hydrogen-bond donors (Lipinski definition) is 2. The molecule has 0 bridgehead atoms. The van der Waals surface area contributed by atoms with Crippen molar-refractivity contribution in [3.05, 3.63) is 35.5 Å². The van der Waals surface area contributed by atoms with Crippen molar-refractivity contribution in [2.75, 3.05) is 32.8 Å². The topological polar surface area (TPSA) is 57.4 Å². The van der Waals surface area contributed by atoms with Crippen LogP contribution in [0, 0.1) is 5.92 Å². The van der Waals surface area contributed by atoms with Gasteiger partial charge in [0, 0.05) is 36.6 Å². The molecule has 27 heavy (non-hydrogen) atoms. The second-order valence-corrected chi connectivity index (χ2v) is 8.90. The van der Waals surface area contributed by atoms with Gasteiger partial charge in [-0.2, -0.15) is 0 Å². The summed E-state index contributed by atoms with van der Waals surface area (Å²) in [5.74, 6) is 0.433. The van der Waals surface area contributed by atoms with Crippen molar-refractivity contribution >= 4 is 16.8 Å². The molecular weight excluding hydrogens is 338 g/mol. The van der Waals surface area contributed by atoms with Crippen molar-refractivity contribution in [1.29, 1.82) is 0 Å². The van der Waals surface area contributed by atoms with E-state index in [1.165, 1.54) is 5.56 Å². The minimum Gasteiger partial charge on any atom is -0.379 e. The summed E-state index contributed by atoms with van der Waals surface area (Å²) in [7, 11) is 0. The Kier molecular flexibility index (Phi) is 5.92. The fraction of sp³-hybridized carbons (Fsp3) is 0.591. The number of fused-ring (bicyclic) bond motifs is 1. The number of nitrogens with one attached hydrogen (secondary N) is 2. The highest BCUT2D eigenvalue weighted by atomic mass is 16.5. The third kappa shape index (κ3) is 4.71. The van der Waals surface area contributed by atoms with E-state index in [1.807, 2.05) is 6.07 Å². The van der Waals surface area contributed by atoms with E-state index in [9.17, 15) is 4.79 Å². The maximum absolute atomic E-state index is 12.7. The number of nitrogens with zero attached hydrogens (tertiary/aromatic N) is 1. The standard InChI is InChI=1S/C22H33N3O2/c1-15(2)20(25-8-10-27-11-9-25)14-23-21(26)19-12-16-6-7-17(22(3,4)5)13-18(16)24-19/h6-7,12-13,15,20,24H,8-11,14H2,1-5H3,(H,23,26). The van der Waals surface area contributed by atoms with Gasteiger partial charge >= 0.3 is 0 Å². The number of carbonyl (C=O) groups excluding carboxylic acids is 1. The van der Waals surface area contributed by atoms with E-state index >= 15 is 0 Å². The van der Waals surface area contributed by atoms with Gasteiger partial charge in [-0.1, -0.05) is 46.8 Å². The molecular formula is C22H33N3O2. The Morgan fingerprint density at radius 1 is 1.22 bits per heavy atom. The van der Waals surface area contributed by atoms with Gasteiger partial charge in [0.2, 0.25) is 0 Å². The van der Waals surface area contributed by atoms with Crippen LogP contribution < -0.4 is 5.32 Å². The highest BCUT2D eigenvalue weighted by Gasteiger charge is 2.24. The first-order chi connectivity index (χ1) is 12.8. The number of benzene rings is 1. The quantitative estimate of drug-likeness (QED) is 0.845. The lowest BCUT2D eigenvalue weighted by Gasteiger charge is -2.36. The summed E-state index contributed by atoms with van der Waals surface area (Å²) in [6.07, 6.45) is 0. The molecule has 5 heteroatoms.